The van der Waals surface area contributed by atoms with Crippen LogP contribution in [-0.2, 0) is 6.54 Å². The van der Waals surface area contributed by atoms with Crippen LogP contribution in [0, 0.1) is 0 Å². The highest BCUT2D eigenvalue weighted by Crippen LogP contribution is 2.21. The van der Waals surface area contributed by atoms with Gasteiger partial charge >= 0.3 is 0 Å². The molecule has 1 atom stereocenters. The van der Waals surface area contributed by atoms with Gasteiger partial charge in [0.25, 0.3) is 0 Å². The second-order valence-corrected chi connectivity index (χ2v) is 8.47. The van der Waals surface area contributed by atoms with E-state index in [0.717, 1.165) is 50.9 Å². The first-order valence-corrected chi connectivity index (χ1v) is 11.1. The van der Waals surface area contributed by atoms with Crippen LogP contribution in [0.4, 0.5) is 5.13 Å². The Bertz CT molecular complexity index is 740. The Kier molecular flexibility index (Phi) is 6.44. The van der Waals surface area contributed by atoms with Crippen LogP contribution in [0.1, 0.15) is 24.8 Å². The lowest BCUT2D eigenvalue weighted by Crippen LogP contribution is -2.51. The van der Waals surface area contributed by atoms with Crippen LogP contribution < -0.4 is 10.6 Å². The van der Waals surface area contributed by atoms with Gasteiger partial charge in [-0.25, -0.2) is 4.98 Å². The van der Waals surface area contributed by atoms with Crippen LogP contribution in [-0.4, -0.2) is 66.1 Å². The number of guanidine groups is 1. The molecular formula is C21H30N6S. The molecule has 2 fully saturated rings. The molecule has 0 radical (unpaired) electrons. The minimum absolute atomic E-state index is 0.490. The average molecular weight is 399 g/mol. The van der Waals surface area contributed by atoms with Crippen molar-refractivity contribution < 1.29 is 0 Å². The molecule has 2 aliphatic heterocycles. The summed E-state index contributed by atoms with van der Waals surface area (Å²) in [6, 6.07) is 11.2. The lowest BCUT2D eigenvalue weighted by Gasteiger charge is -2.36. The van der Waals surface area contributed by atoms with Crippen molar-refractivity contribution in [2.45, 2.75) is 31.8 Å². The van der Waals surface area contributed by atoms with Crippen molar-refractivity contribution in [1.82, 2.24) is 14.8 Å². The van der Waals surface area contributed by atoms with E-state index >= 15 is 0 Å². The topological polar surface area (TPSA) is 61.0 Å². The Morgan fingerprint density at radius 1 is 1.11 bits per heavy atom. The van der Waals surface area contributed by atoms with E-state index in [1.54, 1.807) is 11.3 Å². The Hall–Kier alpha value is -2.12. The smallest absolute Gasteiger partial charge is 0.191 e. The molecule has 0 spiro atoms. The SMILES string of the molecule is NC(=NCC1CCCCN1Cc1ccccc1)N1CCN(c2nccs2)CC1. The fourth-order valence-electron chi connectivity index (χ4n) is 4.09. The molecule has 4 rings (SSSR count). The molecule has 6 nitrogen and oxygen atoms in total. The van der Waals surface area contributed by atoms with Crippen molar-refractivity contribution in [2.24, 2.45) is 10.7 Å². The molecule has 0 bridgehead atoms. The van der Waals surface area contributed by atoms with E-state index in [9.17, 15) is 0 Å². The monoisotopic (exact) mass is 398 g/mol. The first-order valence-electron chi connectivity index (χ1n) is 10.3. The number of nitrogens with two attached hydrogens (primary N) is 1. The summed E-state index contributed by atoms with van der Waals surface area (Å²) in [4.78, 5) is 16.3. The van der Waals surface area contributed by atoms with Gasteiger partial charge in [0.1, 0.15) is 0 Å². The normalized spacial score (nSPS) is 21.9. The molecule has 1 unspecified atom stereocenters. The summed E-state index contributed by atoms with van der Waals surface area (Å²) in [6.07, 6.45) is 5.65. The number of rotatable bonds is 5. The first-order chi connectivity index (χ1) is 13.8. The van der Waals surface area contributed by atoms with Gasteiger partial charge in [-0.2, -0.15) is 0 Å². The van der Waals surface area contributed by atoms with Crippen molar-refractivity contribution in [2.75, 3.05) is 44.2 Å². The maximum absolute atomic E-state index is 6.35. The maximum atomic E-state index is 6.35. The molecule has 0 aliphatic carbocycles. The molecule has 28 heavy (non-hydrogen) atoms. The number of thiazole rings is 1. The predicted molar refractivity (Wildman–Crippen MR) is 117 cm³/mol. The van der Waals surface area contributed by atoms with Gasteiger partial charge in [-0.3, -0.25) is 9.89 Å². The number of hydrogen-bond acceptors (Lipinski definition) is 5. The van der Waals surface area contributed by atoms with E-state index in [1.807, 2.05) is 11.6 Å². The average Bonchev–Trinajstić information content (AvgIpc) is 3.29. The zero-order chi connectivity index (χ0) is 19.2. The number of likely N-dealkylation sites (tertiary alicyclic amines) is 1. The summed E-state index contributed by atoms with van der Waals surface area (Å²) in [5.41, 5.74) is 7.73. The Balaban J connectivity index is 1.30. The molecule has 2 saturated heterocycles. The zero-order valence-corrected chi connectivity index (χ0v) is 17.2. The number of nitrogens with zero attached hydrogens (tertiary/aromatic N) is 5. The number of aromatic nitrogens is 1. The van der Waals surface area contributed by atoms with Gasteiger partial charge in [-0.05, 0) is 24.9 Å². The fraction of sp³-hybridized carbons (Fsp3) is 0.524. The number of aliphatic imine (C=N–C) groups is 1. The van der Waals surface area contributed by atoms with Crippen LogP contribution in [0.5, 0.6) is 0 Å². The minimum atomic E-state index is 0.490. The molecule has 0 saturated carbocycles. The molecule has 2 aliphatic rings. The number of benzene rings is 1. The molecule has 3 heterocycles. The Morgan fingerprint density at radius 2 is 1.93 bits per heavy atom. The summed E-state index contributed by atoms with van der Waals surface area (Å²) in [5, 5.41) is 3.14. The van der Waals surface area contributed by atoms with Gasteiger partial charge in [0.05, 0.1) is 6.54 Å². The molecule has 2 N–H and O–H groups in total. The van der Waals surface area contributed by atoms with Crippen molar-refractivity contribution in [3.05, 3.63) is 47.5 Å². The first kappa shape index (κ1) is 19.2. The van der Waals surface area contributed by atoms with E-state index in [0.29, 0.717) is 12.0 Å². The van der Waals surface area contributed by atoms with Gasteiger partial charge < -0.3 is 15.5 Å². The molecule has 0 amide bonds. The number of hydrogen-bond donors (Lipinski definition) is 1. The van der Waals surface area contributed by atoms with E-state index in [4.69, 9.17) is 10.7 Å². The van der Waals surface area contributed by atoms with Gasteiger partial charge in [-0.1, -0.05) is 36.8 Å². The fourth-order valence-corrected chi connectivity index (χ4v) is 4.79. The lowest BCUT2D eigenvalue weighted by molar-refractivity contribution is 0.145. The predicted octanol–water partition coefficient (Wildman–Crippen LogP) is 2.63. The van der Waals surface area contributed by atoms with Crippen LogP contribution in [0.2, 0.25) is 0 Å². The van der Waals surface area contributed by atoms with Gasteiger partial charge in [0.2, 0.25) is 0 Å². The lowest BCUT2D eigenvalue weighted by atomic mass is 10.0. The van der Waals surface area contributed by atoms with Gasteiger partial charge in [0, 0.05) is 50.3 Å². The third-order valence-electron chi connectivity index (χ3n) is 5.74. The third kappa shape index (κ3) is 4.83. The van der Waals surface area contributed by atoms with E-state index < -0.39 is 0 Å². The minimum Gasteiger partial charge on any atom is -0.370 e. The Labute approximate surface area is 171 Å². The summed E-state index contributed by atoms with van der Waals surface area (Å²) >= 11 is 1.70. The summed E-state index contributed by atoms with van der Waals surface area (Å²) in [5.74, 6) is 0.698. The van der Waals surface area contributed by atoms with Crippen molar-refractivity contribution in [3.8, 4) is 0 Å². The molecule has 7 heteroatoms. The van der Waals surface area contributed by atoms with Crippen LogP contribution >= 0.6 is 11.3 Å². The highest BCUT2D eigenvalue weighted by atomic mass is 32.1. The van der Waals surface area contributed by atoms with Gasteiger partial charge in [-0.15, -0.1) is 11.3 Å². The second-order valence-electron chi connectivity index (χ2n) is 7.59. The zero-order valence-electron chi connectivity index (χ0n) is 16.4. The molecule has 1 aromatic heterocycles. The van der Waals surface area contributed by atoms with Crippen LogP contribution in [0.15, 0.2) is 46.9 Å². The van der Waals surface area contributed by atoms with Crippen molar-refractivity contribution >= 4 is 22.4 Å². The molecule has 2 aromatic rings. The van der Waals surface area contributed by atoms with E-state index in [1.165, 1.54) is 24.8 Å². The number of piperidine rings is 1. The van der Waals surface area contributed by atoms with E-state index in [2.05, 4.69) is 50.0 Å². The van der Waals surface area contributed by atoms with Crippen LogP contribution in [0.3, 0.4) is 0 Å². The third-order valence-corrected chi connectivity index (χ3v) is 6.57. The largest absolute Gasteiger partial charge is 0.370 e. The molecular weight excluding hydrogens is 368 g/mol. The highest BCUT2D eigenvalue weighted by Gasteiger charge is 2.23. The summed E-state index contributed by atoms with van der Waals surface area (Å²) in [6.45, 7) is 6.68. The molecule has 1 aromatic carbocycles. The highest BCUT2D eigenvalue weighted by molar-refractivity contribution is 7.13. The summed E-state index contributed by atoms with van der Waals surface area (Å²) < 4.78 is 0. The number of piperazine rings is 1. The second kappa shape index (κ2) is 9.39. The number of anilines is 1. The van der Waals surface area contributed by atoms with Crippen LogP contribution in [0.25, 0.3) is 0 Å². The maximum Gasteiger partial charge on any atom is 0.191 e. The Morgan fingerprint density at radius 3 is 2.68 bits per heavy atom. The van der Waals surface area contributed by atoms with Gasteiger partial charge in [0.15, 0.2) is 11.1 Å². The summed E-state index contributed by atoms with van der Waals surface area (Å²) in [7, 11) is 0. The standard InChI is InChI=1S/C21H30N6S/c22-20(25-11-13-26(14-12-25)21-23-9-15-28-21)24-16-19-8-4-5-10-27(19)17-18-6-2-1-3-7-18/h1-3,6-7,9,15,19H,4-5,8,10-14,16-17H2,(H2,22,24). The van der Waals surface area contributed by atoms with Crippen molar-refractivity contribution in [1.29, 1.82) is 0 Å². The van der Waals surface area contributed by atoms with Crippen molar-refractivity contribution in [3.63, 3.8) is 0 Å². The quantitative estimate of drug-likeness (QED) is 0.620. The van der Waals surface area contributed by atoms with E-state index in [-0.39, 0.29) is 0 Å². The molecule has 150 valence electrons.